The van der Waals surface area contributed by atoms with Crippen molar-refractivity contribution < 1.29 is 0 Å². The second-order valence-electron chi connectivity index (χ2n) is 4.34. The van der Waals surface area contributed by atoms with Gasteiger partial charge in [0.2, 0.25) is 0 Å². The van der Waals surface area contributed by atoms with E-state index >= 15 is 0 Å². The molecule has 0 saturated carbocycles. The van der Waals surface area contributed by atoms with E-state index in [0.29, 0.717) is 21.5 Å². The summed E-state index contributed by atoms with van der Waals surface area (Å²) in [7, 11) is 0. The molecule has 106 valence electrons. The lowest BCUT2D eigenvalue weighted by atomic mass is 9.99. The Labute approximate surface area is 141 Å². The SMILES string of the molecule is NNC(Cc1ccc(Cl)c(Cl)c1)c1ccc(Cl)cc1Br. The number of nitrogens with one attached hydrogen (secondary N) is 1. The number of halogens is 4. The summed E-state index contributed by atoms with van der Waals surface area (Å²) >= 11 is 21.4. The summed E-state index contributed by atoms with van der Waals surface area (Å²) in [5.41, 5.74) is 4.89. The van der Waals surface area contributed by atoms with Crippen LogP contribution in [0, 0.1) is 0 Å². The summed E-state index contributed by atoms with van der Waals surface area (Å²) < 4.78 is 0.910. The van der Waals surface area contributed by atoms with Crippen molar-refractivity contribution >= 4 is 50.7 Å². The minimum Gasteiger partial charge on any atom is -0.271 e. The molecule has 6 heteroatoms. The minimum absolute atomic E-state index is 0.0566. The van der Waals surface area contributed by atoms with Crippen LogP contribution in [0.4, 0.5) is 0 Å². The lowest BCUT2D eigenvalue weighted by Crippen LogP contribution is -2.29. The second-order valence-corrected chi connectivity index (χ2v) is 6.44. The molecule has 2 aromatic rings. The smallest absolute Gasteiger partial charge is 0.0595 e. The standard InChI is InChI=1S/C14H12BrCl3N2/c15-11-7-9(16)2-3-10(11)14(20-19)6-8-1-4-12(17)13(18)5-8/h1-5,7,14,20H,6,19H2. The Balaban J connectivity index is 2.26. The van der Waals surface area contributed by atoms with Gasteiger partial charge in [-0.15, -0.1) is 0 Å². The van der Waals surface area contributed by atoms with Crippen molar-refractivity contribution in [3.63, 3.8) is 0 Å². The van der Waals surface area contributed by atoms with E-state index in [-0.39, 0.29) is 6.04 Å². The van der Waals surface area contributed by atoms with Gasteiger partial charge in [0.05, 0.1) is 16.1 Å². The summed E-state index contributed by atoms with van der Waals surface area (Å²) in [6.45, 7) is 0. The molecule has 0 fully saturated rings. The molecule has 0 bridgehead atoms. The van der Waals surface area contributed by atoms with E-state index in [2.05, 4.69) is 21.4 Å². The summed E-state index contributed by atoms with van der Waals surface area (Å²) in [5, 5.41) is 1.75. The van der Waals surface area contributed by atoms with Gasteiger partial charge in [-0.3, -0.25) is 11.3 Å². The molecule has 1 atom stereocenters. The number of hydrazine groups is 1. The quantitative estimate of drug-likeness (QED) is 0.555. The Morgan fingerprint density at radius 2 is 1.80 bits per heavy atom. The Morgan fingerprint density at radius 3 is 2.40 bits per heavy atom. The predicted octanol–water partition coefficient (Wildman–Crippen LogP) is 5.16. The molecule has 1 unspecified atom stereocenters. The molecule has 0 spiro atoms. The lowest BCUT2D eigenvalue weighted by molar-refractivity contribution is 0.550. The molecular weight excluding hydrogens is 382 g/mol. The molecule has 0 amide bonds. The number of benzene rings is 2. The van der Waals surface area contributed by atoms with Crippen molar-refractivity contribution in [1.29, 1.82) is 0 Å². The van der Waals surface area contributed by atoms with Gasteiger partial charge in [0.15, 0.2) is 0 Å². The summed E-state index contributed by atoms with van der Waals surface area (Å²) in [4.78, 5) is 0. The average molecular weight is 395 g/mol. The third kappa shape index (κ3) is 3.88. The van der Waals surface area contributed by atoms with Crippen LogP contribution in [0.5, 0.6) is 0 Å². The molecular formula is C14H12BrCl3N2. The van der Waals surface area contributed by atoms with Gasteiger partial charge < -0.3 is 0 Å². The minimum atomic E-state index is -0.0566. The van der Waals surface area contributed by atoms with Crippen LogP contribution in [0.1, 0.15) is 17.2 Å². The fraction of sp³-hybridized carbons (Fsp3) is 0.143. The zero-order valence-electron chi connectivity index (χ0n) is 10.3. The molecule has 0 aliphatic rings. The highest BCUT2D eigenvalue weighted by Gasteiger charge is 2.14. The maximum absolute atomic E-state index is 6.03. The Kier molecular flexibility index (Phi) is 5.73. The Hall–Kier alpha value is -0.290. The van der Waals surface area contributed by atoms with E-state index in [0.717, 1.165) is 15.6 Å². The molecule has 0 heterocycles. The molecule has 2 nitrogen and oxygen atoms in total. The van der Waals surface area contributed by atoms with E-state index in [4.69, 9.17) is 40.6 Å². The first-order chi connectivity index (χ1) is 9.51. The van der Waals surface area contributed by atoms with Crippen LogP contribution in [-0.4, -0.2) is 0 Å². The molecule has 3 N–H and O–H groups in total. The zero-order chi connectivity index (χ0) is 14.7. The molecule has 2 rings (SSSR count). The van der Waals surface area contributed by atoms with E-state index in [1.54, 1.807) is 6.07 Å². The van der Waals surface area contributed by atoms with Crippen LogP contribution in [-0.2, 0) is 6.42 Å². The van der Waals surface area contributed by atoms with Crippen molar-refractivity contribution in [1.82, 2.24) is 5.43 Å². The van der Waals surface area contributed by atoms with Crippen molar-refractivity contribution in [2.75, 3.05) is 0 Å². The van der Waals surface area contributed by atoms with Crippen LogP contribution in [0.2, 0.25) is 15.1 Å². The largest absolute Gasteiger partial charge is 0.271 e. The van der Waals surface area contributed by atoms with Crippen LogP contribution >= 0.6 is 50.7 Å². The number of hydrogen-bond acceptors (Lipinski definition) is 2. The maximum atomic E-state index is 6.03. The third-order valence-electron chi connectivity index (χ3n) is 2.96. The van der Waals surface area contributed by atoms with E-state index in [9.17, 15) is 0 Å². The van der Waals surface area contributed by atoms with Gasteiger partial charge in [-0.05, 0) is 41.8 Å². The van der Waals surface area contributed by atoms with Crippen LogP contribution < -0.4 is 11.3 Å². The number of hydrogen-bond donors (Lipinski definition) is 2. The van der Waals surface area contributed by atoms with Gasteiger partial charge in [0, 0.05) is 9.50 Å². The van der Waals surface area contributed by atoms with Crippen molar-refractivity contribution in [3.05, 3.63) is 67.1 Å². The van der Waals surface area contributed by atoms with Crippen molar-refractivity contribution in [2.24, 2.45) is 5.84 Å². The summed E-state index contributed by atoms with van der Waals surface area (Å²) in [6, 6.07) is 11.1. The van der Waals surface area contributed by atoms with Crippen LogP contribution in [0.15, 0.2) is 40.9 Å². The van der Waals surface area contributed by atoms with Crippen molar-refractivity contribution in [3.8, 4) is 0 Å². The summed E-state index contributed by atoms with van der Waals surface area (Å²) in [5.74, 6) is 5.66. The molecule has 0 aliphatic carbocycles. The van der Waals surface area contributed by atoms with E-state index in [1.807, 2.05) is 30.3 Å². The van der Waals surface area contributed by atoms with Gasteiger partial charge in [-0.25, -0.2) is 0 Å². The maximum Gasteiger partial charge on any atom is 0.0595 e. The highest BCUT2D eigenvalue weighted by atomic mass is 79.9. The third-order valence-corrected chi connectivity index (χ3v) is 4.62. The highest BCUT2D eigenvalue weighted by molar-refractivity contribution is 9.10. The molecule has 0 radical (unpaired) electrons. The van der Waals surface area contributed by atoms with Crippen LogP contribution in [0.3, 0.4) is 0 Å². The first-order valence-corrected chi connectivity index (χ1v) is 7.79. The Morgan fingerprint density at radius 1 is 1.05 bits per heavy atom. The highest BCUT2D eigenvalue weighted by Crippen LogP contribution is 2.30. The fourth-order valence-electron chi connectivity index (χ4n) is 1.95. The lowest BCUT2D eigenvalue weighted by Gasteiger charge is -2.18. The molecule has 0 aliphatic heterocycles. The summed E-state index contributed by atoms with van der Waals surface area (Å²) in [6.07, 6.45) is 0.688. The van der Waals surface area contributed by atoms with Gasteiger partial charge >= 0.3 is 0 Å². The topological polar surface area (TPSA) is 38.0 Å². The van der Waals surface area contributed by atoms with Crippen LogP contribution in [0.25, 0.3) is 0 Å². The first kappa shape index (κ1) is 16.1. The first-order valence-electron chi connectivity index (χ1n) is 5.86. The van der Waals surface area contributed by atoms with Gasteiger partial charge in [0.25, 0.3) is 0 Å². The van der Waals surface area contributed by atoms with Gasteiger partial charge in [0.1, 0.15) is 0 Å². The van der Waals surface area contributed by atoms with E-state index in [1.165, 1.54) is 0 Å². The van der Waals surface area contributed by atoms with Crippen molar-refractivity contribution in [2.45, 2.75) is 12.5 Å². The molecule has 20 heavy (non-hydrogen) atoms. The molecule has 0 aromatic heterocycles. The van der Waals surface area contributed by atoms with E-state index < -0.39 is 0 Å². The Bertz CT molecular complexity index is 619. The number of nitrogens with two attached hydrogens (primary N) is 1. The normalized spacial score (nSPS) is 12.4. The molecule has 0 saturated heterocycles. The average Bonchev–Trinajstić information content (AvgIpc) is 2.41. The fourth-order valence-corrected chi connectivity index (χ4v) is 3.22. The van der Waals surface area contributed by atoms with Gasteiger partial charge in [-0.1, -0.05) is 62.9 Å². The van der Waals surface area contributed by atoms with Gasteiger partial charge in [-0.2, -0.15) is 0 Å². The predicted molar refractivity (Wildman–Crippen MR) is 89.4 cm³/mol. The number of rotatable bonds is 4. The second kappa shape index (κ2) is 7.12. The molecule has 2 aromatic carbocycles. The monoisotopic (exact) mass is 392 g/mol. The zero-order valence-corrected chi connectivity index (χ0v) is 14.2.